The van der Waals surface area contributed by atoms with E-state index in [4.69, 9.17) is 4.43 Å². The Kier molecular flexibility index (Phi) is 5.33. The first-order valence-corrected chi connectivity index (χ1v) is 8.31. The van der Waals surface area contributed by atoms with Crippen LogP contribution in [-0.2, 0) is 6.42 Å². The Bertz CT molecular complexity index is 345. The first kappa shape index (κ1) is 13.0. The monoisotopic (exact) mass is 233 g/mol. The van der Waals surface area contributed by atoms with Crippen LogP contribution >= 0.6 is 0 Å². The second-order valence-corrected chi connectivity index (χ2v) is 6.21. The van der Waals surface area contributed by atoms with E-state index in [-0.39, 0.29) is 0 Å². The zero-order chi connectivity index (χ0) is 12.0. The van der Waals surface area contributed by atoms with Gasteiger partial charge in [-0.2, -0.15) is 0 Å². The number of hydrogen-bond acceptors (Lipinski definition) is 1. The van der Waals surface area contributed by atoms with E-state index in [0.717, 1.165) is 17.7 Å². The minimum atomic E-state index is -0.703. The maximum atomic E-state index is 5.89. The Hall–Kier alpha value is -1.02. The molecule has 0 aliphatic carbocycles. The molecular weight excluding hydrogens is 212 g/mol. The van der Waals surface area contributed by atoms with Gasteiger partial charge in [-0.15, -0.1) is 0 Å². The topological polar surface area (TPSA) is 9.23 Å². The first-order chi connectivity index (χ1) is 7.67. The predicted molar refractivity (Wildman–Crippen MR) is 73.3 cm³/mol. The molecule has 0 saturated heterocycles. The zero-order valence-electron chi connectivity index (χ0n) is 10.5. The molecule has 0 aliphatic heterocycles. The molecule has 1 rings (SSSR count). The summed E-state index contributed by atoms with van der Waals surface area (Å²) in [6, 6.07) is 6.46. The van der Waals surface area contributed by atoms with E-state index < -0.39 is 9.04 Å². The minimum Gasteiger partial charge on any atom is -0.542 e. The molecule has 0 N–H and O–H groups in total. The van der Waals surface area contributed by atoms with E-state index in [9.17, 15) is 0 Å². The molecule has 0 heterocycles. The number of unbranched alkanes of at least 4 members (excludes halogenated alkanes) is 1. The first-order valence-electron chi connectivity index (χ1n) is 5.90. The van der Waals surface area contributed by atoms with E-state index in [2.05, 4.69) is 44.8 Å². The summed E-state index contributed by atoms with van der Waals surface area (Å²) in [5.74, 6) is 1.00. The van der Waals surface area contributed by atoms with Gasteiger partial charge < -0.3 is 4.43 Å². The van der Waals surface area contributed by atoms with E-state index in [1.165, 1.54) is 18.4 Å². The second kappa shape index (κ2) is 6.54. The van der Waals surface area contributed by atoms with E-state index in [0.29, 0.717) is 0 Å². The standard InChI is InChI=1S/C14H21OSi/c1-5-7-8-12-9-10-13(6-2)14(11-12)15-16(3)4/h6,9-11H,2,5,7-8H2,1,3-4H3. The molecule has 16 heavy (non-hydrogen) atoms. The molecule has 1 nitrogen and oxygen atoms in total. The van der Waals surface area contributed by atoms with Crippen molar-refractivity contribution >= 4 is 15.1 Å². The summed E-state index contributed by atoms with van der Waals surface area (Å²) in [6.45, 7) is 10.3. The molecule has 0 amide bonds. The van der Waals surface area contributed by atoms with Crippen molar-refractivity contribution in [3.8, 4) is 5.75 Å². The highest BCUT2D eigenvalue weighted by Gasteiger charge is 2.06. The van der Waals surface area contributed by atoms with Crippen molar-refractivity contribution in [3.05, 3.63) is 35.9 Å². The fourth-order valence-corrected chi connectivity index (χ4v) is 2.21. The highest BCUT2D eigenvalue weighted by atomic mass is 28.3. The highest BCUT2D eigenvalue weighted by molar-refractivity contribution is 6.49. The third-order valence-corrected chi connectivity index (χ3v) is 3.06. The van der Waals surface area contributed by atoms with Crippen LogP contribution in [0.1, 0.15) is 30.9 Å². The third kappa shape index (κ3) is 3.85. The molecule has 0 spiro atoms. The molecule has 1 aromatic carbocycles. The SMILES string of the molecule is C=Cc1ccc(CCCC)cc1O[Si](C)C. The zero-order valence-corrected chi connectivity index (χ0v) is 11.5. The number of hydrogen-bond donors (Lipinski definition) is 0. The summed E-state index contributed by atoms with van der Waals surface area (Å²) in [4.78, 5) is 0. The maximum absolute atomic E-state index is 5.89. The fourth-order valence-electron chi connectivity index (χ4n) is 1.59. The summed E-state index contributed by atoms with van der Waals surface area (Å²) in [5.41, 5.74) is 2.47. The van der Waals surface area contributed by atoms with Crippen molar-refractivity contribution in [2.75, 3.05) is 0 Å². The smallest absolute Gasteiger partial charge is 0.274 e. The molecule has 0 aliphatic rings. The van der Waals surface area contributed by atoms with Gasteiger partial charge in [-0.1, -0.05) is 38.1 Å². The minimum absolute atomic E-state index is 0.703. The Labute approximate surface area is 101 Å². The lowest BCUT2D eigenvalue weighted by atomic mass is 10.1. The Morgan fingerprint density at radius 2 is 2.12 bits per heavy atom. The van der Waals surface area contributed by atoms with Crippen molar-refractivity contribution < 1.29 is 4.43 Å². The predicted octanol–water partition coefficient (Wildman–Crippen LogP) is 4.30. The Morgan fingerprint density at radius 1 is 1.38 bits per heavy atom. The van der Waals surface area contributed by atoms with Crippen LogP contribution in [0, 0.1) is 0 Å². The van der Waals surface area contributed by atoms with E-state index in [1.807, 2.05) is 6.08 Å². The van der Waals surface area contributed by atoms with E-state index in [1.54, 1.807) is 0 Å². The van der Waals surface area contributed by atoms with Crippen LogP contribution in [0.4, 0.5) is 0 Å². The maximum Gasteiger partial charge on any atom is 0.274 e. The molecule has 87 valence electrons. The molecule has 0 unspecified atom stereocenters. The Morgan fingerprint density at radius 3 is 2.69 bits per heavy atom. The van der Waals surface area contributed by atoms with Gasteiger partial charge in [0.15, 0.2) is 0 Å². The van der Waals surface area contributed by atoms with Gasteiger partial charge >= 0.3 is 0 Å². The number of benzene rings is 1. The van der Waals surface area contributed by atoms with Gasteiger partial charge in [-0.05, 0) is 37.6 Å². The molecule has 0 aromatic heterocycles. The molecule has 0 fully saturated rings. The van der Waals surface area contributed by atoms with E-state index >= 15 is 0 Å². The molecule has 1 radical (unpaired) electrons. The molecule has 0 atom stereocenters. The van der Waals surface area contributed by atoms with Crippen LogP contribution in [0.5, 0.6) is 5.75 Å². The lowest BCUT2D eigenvalue weighted by Gasteiger charge is -2.13. The van der Waals surface area contributed by atoms with Gasteiger partial charge in [0.25, 0.3) is 9.04 Å². The molecule has 0 saturated carbocycles. The summed E-state index contributed by atoms with van der Waals surface area (Å²) in [7, 11) is -0.703. The van der Waals surface area contributed by atoms with Crippen LogP contribution in [0.25, 0.3) is 6.08 Å². The fraction of sp³-hybridized carbons (Fsp3) is 0.429. The summed E-state index contributed by atoms with van der Waals surface area (Å²) in [5, 5.41) is 0. The molecule has 2 heteroatoms. The average Bonchev–Trinajstić information content (AvgIpc) is 2.26. The van der Waals surface area contributed by atoms with Crippen LogP contribution < -0.4 is 4.43 Å². The second-order valence-electron chi connectivity index (χ2n) is 4.19. The highest BCUT2D eigenvalue weighted by Crippen LogP contribution is 2.23. The summed E-state index contributed by atoms with van der Waals surface area (Å²) in [6.07, 6.45) is 5.47. The van der Waals surface area contributed by atoms with Crippen LogP contribution in [0.3, 0.4) is 0 Å². The van der Waals surface area contributed by atoms with Gasteiger partial charge in [-0.25, -0.2) is 0 Å². The van der Waals surface area contributed by atoms with Gasteiger partial charge in [0, 0.05) is 5.56 Å². The Balaban J connectivity index is 2.87. The summed E-state index contributed by atoms with van der Waals surface area (Å²) < 4.78 is 5.89. The quantitative estimate of drug-likeness (QED) is 0.666. The van der Waals surface area contributed by atoms with Crippen molar-refractivity contribution in [1.29, 1.82) is 0 Å². The van der Waals surface area contributed by atoms with Gasteiger partial charge in [0.2, 0.25) is 0 Å². The lowest BCUT2D eigenvalue weighted by molar-refractivity contribution is 0.577. The van der Waals surface area contributed by atoms with Crippen molar-refractivity contribution in [2.45, 2.75) is 39.3 Å². The normalized spacial score (nSPS) is 10.5. The average molecular weight is 233 g/mol. The lowest BCUT2D eigenvalue weighted by Crippen LogP contribution is -2.12. The van der Waals surface area contributed by atoms with Gasteiger partial charge in [0.05, 0.1) is 0 Å². The van der Waals surface area contributed by atoms with Crippen molar-refractivity contribution in [3.63, 3.8) is 0 Å². The van der Waals surface area contributed by atoms with Crippen molar-refractivity contribution in [2.24, 2.45) is 0 Å². The third-order valence-electron chi connectivity index (χ3n) is 2.43. The molecule has 1 aromatic rings. The van der Waals surface area contributed by atoms with Crippen LogP contribution in [-0.4, -0.2) is 9.04 Å². The summed E-state index contributed by atoms with van der Waals surface area (Å²) >= 11 is 0. The number of rotatable bonds is 6. The largest absolute Gasteiger partial charge is 0.542 e. The van der Waals surface area contributed by atoms with Gasteiger partial charge in [0.1, 0.15) is 5.75 Å². The number of aryl methyl sites for hydroxylation is 1. The van der Waals surface area contributed by atoms with Gasteiger partial charge in [-0.3, -0.25) is 0 Å². The van der Waals surface area contributed by atoms with Crippen LogP contribution in [0.2, 0.25) is 13.1 Å². The van der Waals surface area contributed by atoms with Crippen LogP contribution in [0.15, 0.2) is 24.8 Å². The molecule has 0 bridgehead atoms. The van der Waals surface area contributed by atoms with Crippen molar-refractivity contribution in [1.82, 2.24) is 0 Å². The molecular formula is C14H21OSi.